The van der Waals surface area contributed by atoms with Gasteiger partial charge < -0.3 is 15.4 Å². The van der Waals surface area contributed by atoms with E-state index in [0.717, 1.165) is 5.56 Å². The summed E-state index contributed by atoms with van der Waals surface area (Å²) in [6.45, 7) is 3.91. The van der Waals surface area contributed by atoms with E-state index in [-0.39, 0.29) is 11.9 Å². The largest absolute Gasteiger partial charge is 0.377 e. The molecular weight excluding hydrogens is 347 g/mol. The Balaban J connectivity index is 1.93. The number of rotatable bonds is 3. The van der Waals surface area contributed by atoms with Crippen molar-refractivity contribution in [3.63, 3.8) is 0 Å². The van der Waals surface area contributed by atoms with Gasteiger partial charge in [-0.25, -0.2) is 14.4 Å². The van der Waals surface area contributed by atoms with Crippen LogP contribution in [0.15, 0.2) is 42.5 Å². The van der Waals surface area contributed by atoms with Gasteiger partial charge in [0.25, 0.3) is 0 Å². The van der Waals surface area contributed by atoms with Gasteiger partial charge in [-0.3, -0.25) is 4.79 Å². The normalized spacial score (nSPS) is 17.3. The Morgan fingerprint density at radius 1 is 1.19 bits per heavy atom. The van der Waals surface area contributed by atoms with Crippen LogP contribution < -0.4 is 10.6 Å². The quantitative estimate of drug-likeness (QED) is 0.771. The third-order valence-corrected chi connectivity index (χ3v) is 4.69. The summed E-state index contributed by atoms with van der Waals surface area (Å²) in [5.74, 6) is -0.131. The molecule has 1 atom stereocenters. The lowest BCUT2D eigenvalue weighted by atomic mass is 10.1. The molecule has 0 aliphatic carbocycles. The third-order valence-electron chi connectivity index (χ3n) is 4.69. The number of carbonyl (C=O) groups excluding carboxylic acids is 1. The van der Waals surface area contributed by atoms with Crippen LogP contribution in [0.4, 0.5) is 10.2 Å². The van der Waals surface area contributed by atoms with E-state index in [1.54, 1.807) is 30.3 Å². The summed E-state index contributed by atoms with van der Waals surface area (Å²) in [4.78, 5) is 23.2. The molecule has 1 fully saturated rings. The van der Waals surface area contributed by atoms with E-state index in [1.807, 2.05) is 0 Å². The summed E-state index contributed by atoms with van der Waals surface area (Å²) >= 11 is 0. The molecule has 0 spiro atoms. The summed E-state index contributed by atoms with van der Waals surface area (Å²) in [5, 5.41) is 0. The lowest BCUT2D eigenvalue weighted by Crippen LogP contribution is -2.44. The number of amides is 1. The Kier molecular flexibility index (Phi) is 4.45. The molecule has 0 saturated carbocycles. The number of morpholine rings is 1. The number of nitrogens with two attached hydrogens (primary N) is 1. The molecular formula is C20H19FN4O2. The SMILES string of the molecule is C[C@H]1COCCN1c1nc2cc(C(N)=O)ccc2nc1-c1ccc(F)cc1. The molecule has 0 radical (unpaired) electrons. The zero-order valence-corrected chi connectivity index (χ0v) is 14.9. The van der Waals surface area contributed by atoms with Crippen molar-refractivity contribution in [2.75, 3.05) is 24.7 Å². The number of hydrogen-bond donors (Lipinski definition) is 1. The van der Waals surface area contributed by atoms with E-state index in [1.165, 1.54) is 12.1 Å². The number of carbonyl (C=O) groups is 1. The van der Waals surface area contributed by atoms with Crippen LogP contribution in [0.1, 0.15) is 17.3 Å². The van der Waals surface area contributed by atoms with E-state index < -0.39 is 5.91 Å². The molecule has 6 nitrogen and oxygen atoms in total. The van der Waals surface area contributed by atoms with Crippen LogP contribution in [-0.2, 0) is 4.74 Å². The van der Waals surface area contributed by atoms with Gasteiger partial charge >= 0.3 is 0 Å². The van der Waals surface area contributed by atoms with Gasteiger partial charge in [-0.15, -0.1) is 0 Å². The van der Waals surface area contributed by atoms with Crippen molar-refractivity contribution in [3.05, 3.63) is 53.8 Å². The molecule has 1 aliphatic rings. The van der Waals surface area contributed by atoms with E-state index in [0.29, 0.717) is 47.9 Å². The first-order valence-corrected chi connectivity index (χ1v) is 8.75. The van der Waals surface area contributed by atoms with Crippen LogP contribution in [0.5, 0.6) is 0 Å². The van der Waals surface area contributed by atoms with Gasteiger partial charge in [0.2, 0.25) is 5.91 Å². The first kappa shape index (κ1) is 17.4. The monoisotopic (exact) mass is 366 g/mol. The summed E-state index contributed by atoms with van der Waals surface area (Å²) in [6.07, 6.45) is 0. The number of benzene rings is 2. The smallest absolute Gasteiger partial charge is 0.248 e. The van der Waals surface area contributed by atoms with Crippen molar-refractivity contribution in [2.24, 2.45) is 5.73 Å². The van der Waals surface area contributed by atoms with Crippen LogP contribution in [-0.4, -0.2) is 41.7 Å². The Morgan fingerprint density at radius 2 is 1.96 bits per heavy atom. The molecule has 7 heteroatoms. The molecule has 1 aliphatic heterocycles. The van der Waals surface area contributed by atoms with Crippen molar-refractivity contribution in [1.82, 2.24) is 9.97 Å². The standard InChI is InChI=1S/C20H19FN4O2/c1-12-11-27-9-8-25(12)20-18(13-2-5-15(21)6-3-13)23-16-7-4-14(19(22)26)10-17(16)24-20/h2-7,10,12H,8-9,11H2,1H3,(H2,22,26)/t12-/m0/s1. The number of nitrogens with zero attached hydrogens (tertiary/aromatic N) is 3. The molecule has 2 N–H and O–H groups in total. The van der Waals surface area contributed by atoms with Gasteiger partial charge in [-0.1, -0.05) is 0 Å². The predicted molar refractivity (Wildman–Crippen MR) is 101 cm³/mol. The molecule has 138 valence electrons. The third kappa shape index (κ3) is 3.33. The Labute approximate surface area is 155 Å². The second kappa shape index (κ2) is 6.92. The van der Waals surface area contributed by atoms with Crippen LogP contribution in [0.3, 0.4) is 0 Å². The maximum atomic E-state index is 13.4. The maximum absolute atomic E-state index is 13.4. The lowest BCUT2D eigenvalue weighted by molar-refractivity contribution is 0.0986. The highest BCUT2D eigenvalue weighted by Gasteiger charge is 2.25. The molecule has 3 aromatic rings. The molecule has 1 amide bonds. The van der Waals surface area contributed by atoms with Gasteiger partial charge in [0.1, 0.15) is 11.5 Å². The zero-order chi connectivity index (χ0) is 19.0. The molecule has 2 heterocycles. The highest BCUT2D eigenvalue weighted by Crippen LogP contribution is 2.32. The van der Waals surface area contributed by atoms with Crippen molar-refractivity contribution >= 4 is 22.8 Å². The number of ether oxygens (including phenoxy) is 1. The topological polar surface area (TPSA) is 81.3 Å². The predicted octanol–water partition coefficient (Wildman–Crippen LogP) is 2.76. The minimum atomic E-state index is -0.511. The number of fused-ring (bicyclic) bond motifs is 1. The summed E-state index contributed by atoms with van der Waals surface area (Å²) in [6, 6.07) is 11.3. The first-order valence-electron chi connectivity index (χ1n) is 8.75. The van der Waals surface area contributed by atoms with Gasteiger partial charge in [0, 0.05) is 17.7 Å². The number of aromatic nitrogens is 2. The molecule has 2 aromatic carbocycles. The minimum absolute atomic E-state index is 0.115. The second-order valence-electron chi connectivity index (χ2n) is 6.59. The Hall–Kier alpha value is -3.06. The van der Waals surface area contributed by atoms with Crippen molar-refractivity contribution in [3.8, 4) is 11.3 Å². The van der Waals surface area contributed by atoms with Crippen molar-refractivity contribution in [2.45, 2.75) is 13.0 Å². The first-order chi connectivity index (χ1) is 13.0. The second-order valence-corrected chi connectivity index (χ2v) is 6.59. The summed E-state index contributed by atoms with van der Waals surface area (Å²) < 4.78 is 18.9. The highest BCUT2D eigenvalue weighted by atomic mass is 19.1. The summed E-state index contributed by atoms with van der Waals surface area (Å²) in [7, 11) is 0. The fourth-order valence-corrected chi connectivity index (χ4v) is 3.24. The molecule has 0 bridgehead atoms. The Bertz CT molecular complexity index is 1010. The van der Waals surface area contributed by atoms with Crippen LogP contribution in [0, 0.1) is 5.82 Å². The van der Waals surface area contributed by atoms with Gasteiger partial charge in [0.15, 0.2) is 5.82 Å². The maximum Gasteiger partial charge on any atom is 0.248 e. The van der Waals surface area contributed by atoms with E-state index in [9.17, 15) is 9.18 Å². The zero-order valence-electron chi connectivity index (χ0n) is 14.9. The average molecular weight is 366 g/mol. The highest BCUT2D eigenvalue weighted by molar-refractivity contribution is 5.96. The molecule has 0 unspecified atom stereocenters. The lowest BCUT2D eigenvalue weighted by Gasteiger charge is -2.35. The Morgan fingerprint density at radius 3 is 2.67 bits per heavy atom. The van der Waals surface area contributed by atoms with E-state index in [2.05, 4.69) is 11.8 Å². The van der Waals surface area contributed by atoms with E-state index >= 15 is 0 Å². The van der Waals surface area contributed by atoms with Gasteiger partial charge in [0.05, 0.1) is 30.3 Å². The van der Waals surface area contributed by atoms with Crippen LogP contribution in [0.25, 0.3) is 22.3 Å². The van der Waals surface area contributed by atoms with Crippen molar-refractivity contribution < 1.29 is 13.9 Å². The fraction of sp³-hybridized carbons (Fsp3) is 0.250. The number of primary amides is 1. The number of halogens is 1. The molecule has 4 rings (SSSR count). The fourth-order valence-electron chi connectivity index (χ4n) is 3.24. The molecule has 1 saturated heterocycles. The van der Waals surface area contributed by atoms with Gasteiger partial charge in [-0.05, 0) is 49.4 Å². The van der Waals surface area contributed by atoms with Gasteiger partial charge in [-0.2, -0.15) is 0 Å². The van der Waals surface area contributed by atoms with Crippen LogP contribution >= 0.6 is 0 Å². The average Bonchev–Trinajstić information content (AvgIpc) is 2.67. The minimum Gasteiger partial charge on any atom is -0.377 e. The molecule has 1 aromatic heterocycles. The number of anilines is 1. The van der Waals surface area contributed by atoms with E-state index in [4.69, 9.17) is 20.4 Å². The van der Waals surface area contributed by atoms with Crippen molar-refractivity contribution in [1.29, 1.82) is 0 Å². The summed E-state index contributed by atoms with van der Waals surface area (Å²) in [5.41, 5.74) is 8.45. The van der Waals surface area contributed by atoms with Crippen LogP contribution in [0.2, 0.25) is 0 Å². The number of hydrogen-bond acceptors (Lipinski definition) is 5. The molecule has 27 heavy (non-hydrogen) atoms.